The van der Waals surface area contributed by atoms with Crippen LogP contribution in [0.3, 0.4) is 0 Å². The zero-order valence-corrected chi connectivity index (χ0v) is 11.2. The lowest BCUT2D eigenvalue weighted by atomic mass is 10.1. The molecule has 0 radical (unpaired) electrons. The molecule has 0 spiro atoms. The Kier molecular flexibility index (Phi) is 3.84. The summed E-state index contributed by atoms with van der Waals surface area (Å²) < 4.78 is 14.0. The Balaban J connectivity index is 2.16. The molecule has 0 atom stereocenters. The van der Waals surface area contributed by atoms with E-state index >= 15 is 0 Å². The Morgan fingerprint density at radius 2 is 2.33 bits per heavy atom. The molecule has 0 saturated heterocycles. The van der Waals surface area contributed by atoms with E-state index in [1.165, 1.54) is 23.5 Å². The van der Waals surface area contributed by atoms with Crippen LogP contribution in [0.1, 0.15) is 16.8 Å². The third-order valence-corrected chi connectivity index (χ3v) is 4.72. The molecular weight excluding hydrogens is 269 g/mol. The highest BCUT2D eigenvalue weighted by Crippen LogP contribution is 2.33. The fourth-order valence-electron chi connectivity index (χ4n) is 1.46. The third kappa shape index (κ3) is 2.81. The summed E-state index contributed by atoms with van der Waals surface area (Å²) in [7, 11) is 0. The molecule has 1 aromatic heterocycles. The van der Waals surface area contributed by atoms with Gasteiger partial charge < -0.3 is 5.73 Å². The third-order valence-electron chi connectivity index (χ3n) is 2.32. The molecule has 6 heteroatoms. The van der Waals surface area contributed by atoms with E-state index in [-0.39, 0.29) is 0 Å². The second kappa shape index (κ2) is 5.38. The molecule has 3 nitrogen and oxygen atoms in total. The number of nitriles is 1. The molecule has 92 valence electrons. The van der Waals surface area contributed by atoms with Crippen molar-refractivity contribution in [3.63, 3.8) is 0 Å². The van der Waals surface area contributed by atoms with Crippen molar-refractivity contribution in [1.82, 2.24) is 4.98 Å². The summed E-state index contributed by atoms with van der Waals surface area (Å²) in [6, 6.07) is 6.26. The zero-order valence-electron chi connectivity index (χ0n) is 9.61. The van der Waals surface area contributed by atoms with Gasteiger partial charge in [0.25, 0.3) is 0 Å². The monoisotopic (exact) mass is 279 g/mol. The van der Waals surface area contributed by atoms with E-state index < -0.39 is 5.82 Å². The van der Waals surface area contributed by atoms with Gasteiger partial charge >= 0.3 is 0 Å². The van der Waals surface area contributed by atoms with Crippen molar-refractivity contribution in [3.8, 4) is 6.07 Å². The van der Waals surface area contributed by atoms with E-state index in [1.54, 1.807) is 17.8 Å². The van der Waals surface area contributed by atoms with Gasteiger partial charge in [-0.1, -0.05) is 17.4 Å². The van der Waals surface area contributed by atoms with Crippen molar-refractivity contribution in [2.45, 2.75) is 16.9 Å². The minimum absolute atomic E-state index is 0.373. The van der Waals surface area contributed by atoms with Crippen LogP contribution in [0.2, 0.25) is 0 Å². The molecule has 0 saturated carbocycles. The predicted molar refractivity (Wildman–Crippen MR) is 71.9 cm³/mol. The number of benzene rings is 1. The van der Waals surface area contributed by atoms with E-state index in [9.17, 15) is 4.39 Å². The van der Waals surface area contributed by atoms with Gasteiger partial charge in [0.2, 0.25) is 0 Å². The summed E-state index contributed by atoms with van der Waals surface area (Å²) in [5.74, 6) is 0.213. The van der Waals surface area contributed by atoms with E-state index in [0.717, 1.165) is 15.5 Å². The van der Waals surface area contributed by atoms with Crippen LogP contribution >= 0.6 is 23.1 Å². The zero-order chi connectivity index (χ0) is 13.1. The molecule has 0 aliphatic heterocycles. The number of rotatable bonds is 3. The topological polar surface area (TPSA) is 62.7 Å². The van der Waals surface area contributed by atoms with Gasteiger partial charge in [-0.05, 0) is 24.6 Å². The number of thiazole rings is 1. The molecule has 2 aromatic rings. The van der Waals surface area contributed by atoms with Crippen molar-refractivity contribution in [1.29, 1.82) is 5.26 Å². The van der Waals surface area contributed by atoms with Crippen LogP contribution in [0.5, 0.6) is 0 Å². The van der Waals surface area contributed by atoms with Gasteiger partial charge in [-0.15, -0.1) is 11.8 Å². The average Bonchev–Trinajstić information content (AvgIpc) is 2.66. The first-order valence-electron chi connectivity index (χ1n) is 5.14. The number of nitrogens with zero attached hydrogens (tertiary/aromatic N) is 2. The highest BCUT2D eigenvalue weighted by Gasteiger charge is 2.09. The fraction of sp³-hybridized carbons (Fsp3) is 0.167. The van der Waals surface area contributed by atoms with Crippen molar-refractivity contribution < 1.29 is 4.39 Å². The Bertz CT molecular complexity index is 616. The smallest absolute Gasteiger partial charge is 0.181 e. The fourth-order valence-corrected chi connectivity index (χ4v) is 3.49. The van der Waals surface area contributed by atoms with Gasteiger partial charge in [-0.2, -0.15) is 5.26 Å². The van der Waals surface area contributed by atoms with Crippen molar-refractivity contribution in [2.24, 2.45) is 0 Å². The molecule has 2 rings (SSSR count). The molecule has 0 aliphatic rings. The molecule has 0 aliphatic carbocycles. The van der Waals surface area contributed by atoms with Gasteiger partial charge in [0, 0.05) is 5.75 Å². The predicted octanol–water partition coefficient (Wildman–Crippen LogP) is 3.34. The Hall–Kier alpha value is -1.58. The number of anilines is 1. The van der Waals surface area contributed by atoms with Gasteiger partial charge in [0.15, 0.2) is 5.13 Å². The van der Waals surface area contributed by atoms with Crippen LogP contribution in [-0.4, -0.2) is 4.98 Å². The summed E-state index contributed by atoms with van der Waals surface area (Å²) in [6.45, 7) is 1.89. The van der Waals surface area contributed by atoms with Crippen molar-refractivity contribution in [2.75, 3.05) is 5.73 Å². The standard InChI is InChI=1S/C12H10FN3S2/c1-7-11(18-12(15)16-7)17-6-8-2-3-10(13)4-9(8)5-14/h2-4H,6H2,1H3,(H2,15,16). The minimum Gasteiger partial charge on any atom is -0.375 e. The van der Waals surface area contributed by atoms with Crippen LogP contribution in [-0.2, 0) is 5.75 Å². The molecule has 2 N–H and O–H groups in total. The lowest BCUT2D eigenvalue weighted by Gasteiger charge is -2.03. The van der Waals surface area contributed by atoms with Gasteiger partial charge in [-0.25, -0.2) is 9.37 Å². The number of hydrogen-bond donors (Lipinski definition) is 1. The number of halogens is 1. The quantitative estimate of drug-likeness (QED) is 0.875. The SMILES string of the molecule is Cc1nc(N)sc1SCc1ccc(F)cc1C#N. The van der Waals surface area contributed by atoms with Crippen LogP contribution in [0.15, 0.2) is 22.4 Å². The van der Waals surface area contributed by atoms with Gasteiger partial charge in [0.05, 0.1) is 21.5 Å². The number of thioether (sulfide) groups is 1. The van der Waals surface area contributed by atoms with Gasteiger partial charge in [-0.3, -0.25) is 0 Å². The first-order valence-corrected chi connectivity index (χ1v) is 6.94. The van der Waals surface area contributed by atoms with Crippen LogP contribution in [0.4, 0.5) is 9.52 Å². The van der Waals surface area contributed by atoms with Crippen LogP contribution in [0.25, 0.3) is 0 Å². The van der Waals surface area contributed by atoms with Crippen molar-refractivity contribution >= 4 is 28.2 Å². The molecule has 0 unspecified atom stereocenters. The molecule has 0 bridgehead atoms. The second-order valence-electron chi connectivity index (χ2n) is 3.63. The van der Waals surface area contributed by atoms with E-state index in [2.05, 4.69) is 4.98 Å². The van der Waals surface area contributed by atoms with E-state index in [0.29, 0.717) is 16.4 Å². The summed E-state index contributed by atoms with van der Waals surface area (Å²) in [4.78, 5) is 4.13. The molecule has 1 aromatic carbocycles. The maximum Gasteiger partial charge on any atom is 0.181 e. The maximum atomic E-state index is 13.0. The first-order chi connectivity index (χ1) is 8.60. The Morgan fingerprint density at radius 3 is 2.94 bits per heavy atom. The number of aryl methyl sites for hydroxylation is 1. The second-order valence-corrected chi connectivity index (χ2v) is 5.90. The lowest BCUT2D eigenvalue weighted by Crippen LogP contribution is -1.89. The summed E-state index contributed by atoms with van der Waals surface area (Å²) in [5.41, 5.74) is 7.70. The van der Waals surface area contributed by atoms with Crippen LogP contribution < -0.4 is 5.73 Å². The van der Waals surface area contributed by atoms with Crippen molar-refractivity contribution in [3.05, 3.63) is 40.8 Å². The van der Waals surface area contributed by atoms with E-state index in [4.69, 9.17) is 11.0 Å². The van der Waals surface area contributed by atoms with E-state index in [1.807, 2.05) is 13.0 Å². The first kappa shape index (κ1) is 12.9. The molecule has 0 amide bonds. The summed E-state index contributed by atoms with van der Waals surface area (Å²) >= 11 is 2.98. The largest absolute Gasteiger partial charge is 0.375 e. The summed E-state index contributed by atoms with van der Waals surface area (Å²) in [5, 5.41) is 9.48. The van der Waals surface area contributed by atoms with Crippen LogP contribution in [0, 0.1) is 24.1 Å². The number of hydrogen-bond acceptors (Lipinski definition) is 5. The lowest BCUT2D eigenvalue weighted by molar-refractivity contribution is 0.627. The number of nitrogens with two attached hydrogens (primary N) is 1. The average molecular weight is 279 g/mol. The van der Waals surface area contributed by atoms with Gasteiger partial charge in [0.1, 0.15) is 5.82 Å². The molecule has 1 heterocycles. The minimum atomic E-state index is -0.390. The Morgan fingerprint density at radius 1 is 1.56 bits per heavy atom. The Labute approximate surface area is 112 Å². The molecule has 18 heavy (non-hydrogen) atoms. The highest BCUT2D eigenvalue weighted by atomic mass is 32.2. The molecular formula is C12H10FN3S2. The normalized spacial score (nSPS) is 10.3. The number of nitrogen functional groups attached to an aromatic ring is 1. The highest BCUT2D eigenvalue weighted by molar-refractivity contribution is 8.00. The maximum absolute atomic E-state index is 13.0. The number of aromatic nitrogens is 1. The molecule has 0 fully saturated rings. The summed E-state index contributed by atoms with van der Waals surface area (Å²) in [6.07, 6.45) is 0.